The number of nitrogens with one attached hydrogen (secondary N) is 1. The summed E-state index contributed by atoms with van der Waals surface area (Å²) in [5.41, 5.74) is 1.43. The Balaban J connectivity index is 1.69. The van der Waals surface area contributed by atoms with Gasteiger partial charge in [0.25, 0.3) is 0 Å². The zero-order valence-electron chi connectivity index (χ0n) is 12.5. The molecular formula is C15H14F3N5O. The normalized spacial score (nSPS) is 17.4. The first kappa shape index (κ1) is 16.4. The number of aromatic nitrogens is 4. The number of hydrogen-bond acceptors (Lipinski definition) is 6. The van der Waals surface area contributed by atoms with Crippen molar-refractivity contribution in [3.8, 4) is 11.3 Å². The second-order valence-electron chi connectivity index (χ2n) is 5.45. The second-order valence-corrected chi connectivity index (χ2v) is 5.45. The van der Waals surface area contributed by atoms with E-state index in [4.69, 9.17) is 0 Å². The second kappa shape index (κ2) is 6.60. The Bertz CT molecular complexity index is 729. The molecule has 0 bridgehead atoms. The Kier molecular flexibility index (Phi) is 4.52. The predicted octanol–water partition coefficient (Wildman–Crippen LogP) is 1.82. The first-order valence-electron chi connectivity index (χ1n) is 7.40. The van der Waals surface area contributed by atoms with Gasteiger partial charge in [-0.1, -0.05) is 0 Å². The number of alkyl halides is 3. The van der Waals surface area contributed by atoms with Crippen molar-refractivity contribution in [2.24, 2.45) is 0 Å². The fourth-order valence-electron chi connectivity index (χ4n) is 2.29. The molecule has 0 spiro atoms. The zero-order chi connectivity index (χ0) is 17.2. The van der Waals surface area contributed by atoms with Crippen LogP contribution in [0.15, 0.2) is 24.8 Å². The molecule has 6 nitrogen and oxygen atoms in total. The topological polar surface area (TPSA) is 80.7 Å². The van der Waals surface area contributed by atoms with Crippen LogP contribution in [0.4, 0.5) is 13.2 Å². The summed E-state index contributed by atoms with van der Waals surface area (Å²) >= 11 is 0. The summed E-state index contributed by atoms with van der Waals surface area (Å²) in [5.74, 6) is -1.06. The molecule has 1 atom stereocenters. The van der Waals surface area contributed by atoms with Crippen LogP contribution in [0.25, 0.3) is 11.3 Å². The van der Waals surface area contributed by atoms with Gasteiger partial charge in [0.15, 0.2) is 0 Å². The van der Waals surface area contributed by atoms with E-state index in [2.05, 4.69) is 25.3 Å². The Morgan fingerprint density at radius 2 is 1.92 bits per heavy atom. The maximum absolute atomic E-state index is 12.5. The summed E-state index contributed by atoms with van der Waals surface area (Å²) in [7, 11) is 0. The number of Topliss-reactive ketones (excluding diaryl/α,β-unsaturated/α-hetero) is 1. The Labute approximate surface area is 135 Å². The summed E-state index contributed by atoms with van der Waals surface area (Å²) in [4.78, 5) is 26.6. The SMILES string of the molecule is O=C(CCc1cc(-c2cnc(C(F)(F)F)nc2)ncn1)[C@@H]1CCN1. The van der Waals surface area contributed by atoms with Gasteiger partial charge in [-0.3, -0.25) is 4.79 Å². The van der Waals surface area contributed by atoms with Crippen molar-refractivity contribution in [3.05, 3.63) is 36.3 Å². The zero-order valence-corrected chi connectivity index (χ0v) is 12.5. The Hall–Kier alpha value is -2.42. The van der Waals surface area contributed by atoms with Gasteiger partial charge >= 0.3 is 6.18 Å². The molecule has 1 aliphatic rings. The van der Waals surface area contributed by atoms with Crippen LogP contribution in [0.1, 0.15) is 24.4 Å². The van der Waals surface area contributed by atoms with Crippen LogP contribution in [-0.2, 0) is 17.4 Å². The number of ketones is 1. The molecule has 0 unspecified atom stereocenters. The number of halogens is 3. The minimum atomic E-state index is -4.58. The van der Waals surface area contributed by atoms with E-state index >= 15 is 0 Å². The van der Waals surface area contributed by atoms with Crippen molar-refractivity contribution in [1.29, 1.82) is 0 Å². The van der Waals surface area contributed by atoms with Gasteiger partial charge in [-0.2, -0.15) is 13.2 Å². The van der Waals surface area contributed by atoms with E-state index < -0.39 is 12.0 Å². The molecule has 3 rings (SSSR count). The molecule has 126 valence electrons. The molecule has 9 heteroatoms. The molecule has 0 aliphatic carbocycles. The molecule has 1 fully saturated rings. The van der Waals surface area contributed by atoms with E-state index in [9.17, 15) is 18.0 Å². The van der Waals surface area contributed by atoms with Crippen molar-refractivity contribution in [2.75, 3.05) is 6.54 Å². The quantitative estimate of drug-likeness (QED) is 0.896. The van der Waals surface area contributed by atoms with Gasteiger partial charge in [-0.25, -0.2) is 19.9 Å². The monoisotopic (exact) mass is 337 g/mol. The summed E-state index contributed by atoms with van der Waals surface area (Å²) < 4.78 is 37.4. The number of carbonyl (C=O) groups is 1. The van der Waals surface area contributed by atoms with Crippen LogP contribution in [0.5, 0.6) is 0 Å². The Morgan fingerprint density at radius 3 is 2.50 bits per heavy atom. The average Bonchev–Trinajstić information content (AvgIpc) is 2.51. The lowest BCUT2D eigenvalue weighted by molar-refractivity contribution is -0.145. The summed E-state index contributed by atoms with van der Waals surface area (Å²) in [6.45, 7) is 0.863. The van der Waals surface area contributed by atoms with Crippen molar-refractivity contribution in [1.82, 2.24) is 25.3 Å². The lowest BCUT2D eigenvalue weighted by atomic mass is 9.98. The minimum absolute atomic E-state index is 0.0605. The first-order chi connectivity index (χ1) is 11.4. The first-order valence-corrected chi connectivity index (χ1v) is 7.40. The molecule has 0 amide bonds. The van der Waals surface area contributed by atoms with E-state index in [1.807, 2.05) is 0 Å². The minimum Gasteiger partial charge on any atom is -0.307 e. The lowest BCUT2D eigenvalue weighted by Gasteiger charge is -2.25. The van der Waals surface area contributed by atoms with Crippen molar-refractivity contribution in [2.45, 2.75) is 31.5 Å². The van der Waals surface area contributed by atoms with Crippen LogP contribution >= 0.6 is 0 Å². The van der Waals surface area contributed by atoms with Crippen molar-refractivity contribution < 1.29 is 18.0 Å². The third-order valence-corrected chi connectivity index (χ3v) is 3.76. The number of carbonyl (C=O) groups excluding carboxylic acids is 1. The van der Waals surface area contributed by atoms with Crippen LogP contribution < -0.4 is 5.32 Å². The highest BCUT2D eigenvalue weighted by molar-refractivity contribution is 5.85. The maximum Gasteiger partial charge on any atom is 0.451 e. The highest BCUT2D eigenvalue weighted by atomic mass is 19.4. The largest absolute Gasteiger partial charge is 0.451 e. The van der Waals surface area contributed by atoms with Crippen LogP contribution in [-0.4, -0.2) is 38.3 Å². The number of nitrogens with zero attached hydrogens (tertiary/aromatic N) is 4. The fraction of sp³-hybridized carbons (Fsp3) is 0.400. The van der Waals surface area contributed by atoms with Crippen molar-refractivity contribution in [3.63, 3.8) is 0 Å². The Morgan fingerprint density at radius 1 is 1.21 bits per heavy atom. The van der Waals surface area contributed by atoms with Gasteiger partial charge in [-0.05, 0) is 25.5 Å². The molecule has 0 aromatic carbocycles. The molecule has 1 saturated heterocycles. The molecule has 2 aromatic rings. The van der Waals surface area contributed by atoms with E-state index in [0.29, 0.717) is 29.8 Å². The fourth-order valence-corrected chi connectivity index (χ4v) is 2.29. The third-order valence-electron chi connectivity index (χ3n) is 3.76. The van der Waals surface area contributed by atoms with Crippen LogP contribution in [0.2, 0.25) is 0 Å². The number of rotatable bonds is 5. The smallest absolute Gasteiger partial charge is 0.307 e. The van der Waals surface area contributed by atoms with Gasteiger partial charge in [0.05, 0.1) is 11.7 Å². The van der Waals surface area contributed by atoms with E-state index in [-0.39, 0.29) is 11.8 Å². The average molecular weight is 337 g/mol. The highest BCUT2D eigenvalue weighted by Crippen LogP contribution is 2.26. The molecular weight excluding hydrogens is 323 g/mol. The van der Waals surface area contributed by atoms with Gasteiger partial charge in [0.2, 0.25) is 5.82 Å². The lowest BCUT2D eigenvalue weighted by Crippen LogP contribution is -2.48. The summed E-state index contributed by atoms with van der Waals surface area (Å²) in [6, 6.07) is 1.57. The summed E-state index contributed by atoms with van der Waals surface area (Å²) in [5, 5.41) is 3.05. The molecule has 0 radical (unpaired) electrons. The van der Waals surface area contributed by atoms with E-state index in [1.165, 1.54) is 6.33 Å². The standard InChI is InChI=1S/C15H14F3N5O/c16-15(17,18)14-20-6-9(7-21-14)12-5-10(22-8-23-12)1-2-13(24)11-3-4-19-11/h5-8,11,19H,1-4H2/t11-/m0/s1. The van der Waals surface area contributed by atoms with E-state index in [1.54, 1.807) is 6.07 Å². The molecule has 3 heterocycles. The molecule has 1 aliphatic heterocycles. The number of aryl methyl sites for hydroxylation is 1. The van der Waals surface area contributed by atoms with Gasteiger partial charge < -0.3 is 5.32 Å². The molecule has 1 N–H and O–H groups in total. The third kappa shape index (κ3) is 3.73. The van der Waals surface area contributed by atoms with E-state index in [0.717, 1.165) is 25.4 Å². The molecule has 0 saturated carbocycles. The van der Waals surface area contributed by atoms with Crippen LogP contribution in [0, 0.1) is 0 Å². The van der Waals surface area contributed by atoms with Crippen molar-refractivity contribution >= 4 is 5.78 Å². The number of hydrogen-bond donors (Lipinski definition) is 1. The molecule has 24 heavy (non-hydrogen) atoms. The van der Waals surface area contributed by atoms with Crippen LogP contribution in [0.3, 0.4) is 0 Å². The maximum atomic E-state index is 12.5. The summed E-state index contributed by atoms with van der Waals surface area (Å²) in [6.07, 6.45) is 0.554. The predicted molar refractivity (Wildman–Crippen MR) is 77.8 cm³/mol. The van der Waals surface area contributed by atoms with Gasteiger partial charge in [-0.15, -0.1) is 0 Å². The van der Waals surface area contributed by atoms with Gasteiger partial charge in [0, 0.05) is 30.1 Å². The highest BCUT2D eigenvalue weighted by Gasteiger charge is 2.34. The van der Waals surface area contributed by atoms with Gasteiger partial charge in [0.1, 0.15) is 12.1 Å². The molecule has 2 aromatic heterocycles.